The van der Waals surface area contributed by atoms with Crippen LogP contribution in [-0.2, 0) is 14.9 Å². The monoisotopic (exact) mass is 538 g/mol. The fraction of sp³-hybridized carbons (Fsp3) is 0.708. The Kier molecular flexibility index (Phi) is 9.47. The van der Waals surface area contributed by atoms with Gasteiger partial charge in [-0.25, -0.2) is 4.79 Å². The smallest absolute Gasteiger partial charge is 0.460 e. The van der Waals surface area contributed by atoms with Crippen molar-refractivity contribution in [1.82, 2.24) is 0 Å². The average Bonchev–Trinajstić information content (AvgIpc) is 2.70. The maximum Gasteiger partial charge on any atom is 0.460 e. The van der Waals surface area contributed by atoms with Gasteiger partial charge in [0.1, 0.15) is 5.75 Å². The van der Waals surface area contributed by atoms with Gasteiger partial charge >= 0.3 is 29.9 Å². The Morgan fingerprint density at radius 2 is 1.33 bits per heavy atom. The Balaban J connectivity index is 2.73. The molecule has 12 heteroatoms. The van der Waals surface area contributed by atoms with Gasteiger partial charge in [0.2, 0.25) is 0 Å². The second kappa shape index (κ2) is 10.7. The highest BCUT2D eigenvalue weighted by atomic mass is 19.4. The summed E-state index contributed by atoms with van der Waals surface area (Å²) < 4.78 is 125. The van der Waals surface area contributed by atoms with E-state index in [1.54, 1.807) is 24.3 Å². The molecule has 1 atom stereocenters. The fourth-order valence-electron chi connectivity index (χ4n) is 3.63. The third-order valence-electron chi connectivity index (χ3n) is 6.21. The first-order chi connectivity index (χ1) is 16.0. The van der Waals surface area contributed by atoms with Crippen molar-refractivity contribution in [2.75, 3.05) is 13.2 Å². The first-order valence-electron chi connectivity index (χ1n) is 11.1. The number of hydrogen-bond donors (Lipinski definition) is 0. The first kappa shape index (κ1) is 31.9. The van der Waals surface area contributed by atoms with Gasteiger partial charge in [0.05, 0.1) is 13.0 Å². The second-order valence-electron chi connectivity index (χ2n) is 10.3. The lowest BCUT2D eigenvalue weighted by Gasteiger charge is -2.44. The van der Waals surface area contributed by atoms with Crippen molar-refractivity contribution in [1.29, 1.82) is 0 Å². The third kappa shape index (κ3) is 6.79. The normalized spacial score (nSPS) is 15.6. The lowest BCUT2D eigenvalue weighted by atomic mass is 9.60. The Labute approximate surface area is 204 Å². The van der Waals surface area contributed by atoms with Crippen molar-refractivity contribution in [3.63, 3.8) is 0 Å². The molecular weight excluding hydrogens is 507 g/mol. The summed E-state index contributed by atoms with van der Waals surface area (Å²) in [6.45, 7) is 10.3. The lowest BCUT2D eigenvalue weighted by molar-refractivity contribution is -0.397. The van der Waals surface area contributed by atoms with Gasteiger partial charge in [-0.3, -0.25) is 0 Å². The molecule has 0 saturated carbocycles. The predicted molar refractivity (Wildman–Crippen MR) is 115 cm³/mol. The highest BCUT2D eigenvalue weighted by molar-refractivity contribution is 5.71. The topological polar surface area (TPSA) is 35.5 Å². The van der Waals surface area contributed by atoms with Crippen LogP contribution in [-0.4, -0.2) is 43.1 Å². The largest absolute Gasteiger partial charge is 0.482 e. The van der Waals surface area contributed by atoms with E-state index in [2.05, 4.69) is 46.3 Å². The summed E-state index contributed by atoms with van der Waals surface area (Å²) in [5.41, 5.74) is 0.721. The standard InChI is InChI=1S/C24H31F9O3/c1-15(2)13-20(6,19(3,4)5)16-7-9-17(10-8-16)36-14-18(34)35-12-11-21(25,26)22(27,28)23(29,30)24(31,32)33/h7-10,15H,11-14H2,1-6H3. The molecule has 1 unspecified atom stereocenters. The van der Waals surface area contributed by atoms with Gasteiger partial charge in [0.15, 0.2) is 6.61 Å². The van der Waals surface area contributed by atoms with Crippen LogP contribution in [0.2, 0.25) is 0 Å². The van der Waals surface area contributed by atoms with Crippen molar-refractivity contribution in [2.24, 2.45) is 11.3 Å². The Hall–Kier alpha value is -2.14. The molecule has 0 amide bonds. The van der Waals surface area contributed by atoms with Crippen LogP contribution in [0.1, 0.15) is 59.9 Å². The minimum Gasteiger partial charge on any atom is -0.482 e. The van der Waals surface area contributed by atoms with Gasteiger partial charge in [-0.2, -0.15) is 39.5 Å². The van der Waals surface area contributed by atoms with E-state index in [0.29, 0.717) is 5.92 Å². The van der Waals surface area contributed by atoms with Crippen LogP contribution in [0.3, 0.4) is 0 Å². The summed E-state index contributed by atoms with van der Waals surface area (Å²) >= 11 is 0. The molecular formula is C24H31F9O3. The van der Waals surface area contributed by atoms with Gasteiger partial charge in [0.25, 0.3) is 0 Å². The zero-order valence-electron chi connectivity index (χ0n) is 20.8. The minimum atomic E-state index is -6.99. The van der Waals surface area contributed by atoms with E-state index in [4.69, 9.17) is 4.74 Å². The Bertz CT molecular complexity index is 872. The number of carbonyl (C=O) groups excluding carboxylic acids is 1. The highest BCUT2D eigenvalue weighted by Gasteiger charge is 2.81. The van der Waals surface area contributed by atoms with Gasteiger partial charge in [-0.15, -0.1) is 0 Å². The molecule has 1 aromatic rings. The molecule has 1 aromatic carbocycles. The third-order valence-corrected chi connectivity index (χ3v) is 6.21. The molecule has 0 N–H and O–H groups in total. The Morgan fingerprint density at radius 3 is 1.75 bits per heavy atom. The number of alkyl halides is 9. The van der Waals surface area contributed by atoms with Crippen LogP contribution in [0, 0.1) is 11.3 Å². The lowest BCUT2D eigenvalue weighted by Crippen LogP contribution is -2.61. The number of halogens is 9. The molecule has 208 valence electrons. The zero-order chi connectivity index (χ0) is 28.4. The quantitative estimate of drug-likeness (QED) is 0.213. The summed E-state index contributed by atoms with van der Waals surface area (Å²) in [4.78, 5) is 11.7. The van der Waals surface area contributed by atoms with Crippen molar-refractivity contribution in [3.8, 4) is 5.75 Å². The summed E-state index contributed by atoms with van der Waals surface area (Å²) in [6, 6.07) is 6.75. The molecule has 0 aliphatic rings. The second-order valence-corrected chi connectivity index (χ2v) is 10.3. The maximum atomic E-state index is 13.5. The summed E-state index contributed by atoms with van der Waals surface area (Å²) in [5, 5.41) is 0. The number of esters is 1. The Morgan fingerprint density at radius 1 is 0.833 bits per heavy atom. The molecule has 0 aliphatic carbocycles. The number of ether oxygens (including phenoxy) is 2. The first-order valence-corrected chi connectivity index (χ1v) is 11.1. The van der Waals surface area contributed by atoms with Crippen LogP contribution in [0.5, 0.6) is 5.75 Å². The fourth-order valence-corrected chi connectivity index (χ4v) is 3.63. The molecule has 0 bridgehead atoms. The molecule has 0 spiro atoms. The number of rotatable bonds is 11. The van der Waals surface area contributed by atoms with E-state index in [9.17, 15) is 44.3 Å². The van der Waals surface area contributed by atoms with E-state index in [1.165, 1.54) is 0 Å². The molecule has 0 aromatic heterocycles. The van der Waals surface area contributed by atoms with Crippen molar-refractivity contribution in [2.45, 2.75) is 83.7 Å². The number of carbonyl (C=O) groups is 1. The van der Waals surface area contributed by atoms with E-state index >= 15 is 0 Å². The van der Waals surface area contributed by atoms with Crippen LogP contribution in [0.4, 0.5) is 39.5 Å². The zero-order valence-corrected chi connectivity index (χ0v) is 20.8. The molecule has 0 aliphatic heterocycles. The average molecular weight is 538 g/mol. The van der Waals surface area contributed by atoms with E-state index in [-0.39, 0.29) is 16.6 Å². The van der Waals surface area contributed by atoms with E-state index in [0.717, 1.165) is 12.0 Å². The minimum absolute atomic E-state index is 0.0909. The van der Waals surface area contributed by atoms with Crippen LogP contribution in [0.15, 0.2) is 24.3 Å². The van der Waals surface area contributed by atoms with E-state index in [1.807, 2.05) is 0 Å². The van der Waals surface area contributed by atoms with E-state index < -0.39 is 49.5 Å². The van der Waals surface area contributed by atoms with Gasteiger partial charge in [-0.05, 0) is 40.9 Å². The van der Waals surface area contributed by atoms with Crippen LogP contribution in [0.25, 0.3) is 0 Å². The van der Waals surface area contributed by atoms with Crippen molar-refractivity contribution < 1.29 is 53.8 Å². The summed E-state index contributed by atoms with van der Waals surface area (Å²) in [7, 11) is 0. The van der Waals surface area contributed by atoms with Crippen molar-refractivity contribution >= 4 is 5.97 Å². The molecule has 3 nitrogen and oxygen atoms in total. The maximum absolute atomic E-state index is 13.5. The predicted octanol–water partition coefficient (Wildman–Crippen LogP) is 7.82. The molecule has 0 fully saturated rings. The molecule has 0 heterocycles. The highest BCUT2D eigenvalue weighted by Crippen LogP contribution is 2.54. The van der Waals surface area contributed by atoms with Crippen LogP contribution >= 0.6 is 0 Å². The molecule has 0 saturated heterocycles. The molecule has 36 heavy (non-hydrogen) atoms. The summed E-state index contributed by atoms with van der Waals surface area (Å²) in [5.74, 6) is -20.2. The SMILES string of the molecule is CC(C)CC(C)(c1ccc(OCC(=O)OCCC(F)(F)C(F)(F)C(F)(F)C(F)(F)F)cc1)C(C)(C)C. The number of benzene rings is 1. The van der Waals surface area contributed by atoms with Crippen molar-refractivity contribution in [3.05, 3.63) is 29.8 Å². The molecule has 0 radical (unpaired) electrons. The number of hydrogen-bond acceptors (Lipinski definition) is 3. The van der Waals surface area contributed by atoms with Gasteiger partial charge < -0.3 is 9.47 Å². The molecule has 1 rings (SSSR count). The van der Waals surface area contributed by atoms with Crippen LogP contribution < -0.4 is 4.74 Å². The van der Waals surface area contributed by atoms with Gasteiger partial charge in [0, 0.05) is 0 Å². The summed E-state index contributed by atoms with van der Waals surface area (Å²) in [6.07, 6.45) is -8.27. The van der Waals surface area contributed by atoms with Gasteiger partial charge in [-0.1, -0.05) is 53.7 Å².